The molecule has 2 aromatic carbocycles. The van der Waals surface area contributed by atoms with Gasteiger partial charge in [0.2, 0.25) is 0 Å². The first kappa shape index (κ1) is 18.6. The minimum absolute atomic E-state index is 0.201. The van der Waals surface area contributed by atoms with Crippen LogP contribution in [0.1, 0.15) is 33.6 Å². The number of rotatable bonds is 7. The summed E-state index contributed by atoms with van der Waals surface area (Å²) in [7, 11) is 0. The molecule has 0 atom stereocenters. The van der Waals surface area contributed by atoms with Crippen molar-refractivity contribution in [2.75, 3.05) is 11.9 Å². The lowest BCUT2D eigenvalue weighted by molar-refractivity contribution is 0.0948. The molecular formula is C22H24N4O. The van der Waals surface area contributed by atoms with Crippen molar-refractivity contribution in [3.63, 3.8) is 0 Å². The lowest BCUT2D eigenvalue weighted by Gasteiger charge is -2.08. The summed E-state index contributed by atoms with van der Waals surface area (Å²) in [5, 5.41) is 6.09. The second-order valence-corrected chi connectivity index (χ2v) is 6.56. The highest BCUT2D eigenvalue weighted by atomic mass is 16.1. The van der Waals surface area contributed by atoms with Crippen molar-refractivity contribution in [2.45, 2.75) is 26.7 Å². The summed E-state index contributed by atoms with van der Waals surface area (Å²) in [6, 6.07) is 16.4. The molecule has 0 fully saturated rings. The van der Waals surface area contributed by atoms with Crippen LogP contribution in [0.4, 0.5) is 11.5 Å². The average Bonchev–Trinajstić information content (AvgIpc) is 2.69. The third kappa shape index (κ3) is 5.38. The SMILES string of the molecule is Cc1ccc(Nc2cnc(C(=O)NCCCc3ccccc3)cn2)cc1C. The number of carbonyl (C=O) groups excluding carboxylic acids is 1. The fourth-order valence-corrected chi connectivity index (χ4v) is 2.71. The van der Waals surface area contributed by atoms with E-state index in [9.17, 15) is 4.79 Å². The zero-order valence-corrected chi connectivity index (χ0v) is 15.7. The normalized spacial score (nSPS) is 10.4. The maximum Gasteiger partial charge on any atom is 0.271 e. The Labute approximate surface area is 159 Å². The van der Waals surface area contributed by atoms with Crippen LogP contribution in [0, 0.1) is 13.8 Å². The van der Waals surface area contributed by atoms with Gasteiger partial charge in [-0.3, -0.25) is 4.79 Å². The highest BCUT2D eigenvalue weighted by Crippen LogP contribution is 2.17. The molecule has 0 spiro atoms. The van der Waals surface area contributed by atoms with E-state index in [0.717, 1.165) is 18.5 Å². The van der Waals surface area contributed by atoms with E-state index in [-0.39, 0.29) is 5.91 Å². The molecular weight excluding hydrogens is 336 g/mol. The predicted octanol–water partition coefficient (Wildman–Crippen LogP) is 4.20. The Hall–Kier alpha value is -3.21. The van der Waals surface area contributed by atoms with Gasteiger partial charge in [-0.15, -0.1) is 0 Å². The fraction of sp³-hybridized carbons (Fsp3) is 0.227. The van der Waals surface area contributed by atoms with E-state index in [4.69, 9.17) is 0 Å². The van der Waals surface area contributed by atoms with E-state index >= 15 is 0 Å². The fourth-order valence-electron chi connectivity index (χ4n) is 2.71. The van der Waals surface area contributed by atoms with Crippen LogP contribution >= 0.6 is 0 Å². The highest BCUT2D eigenvalue weighted by molar-refractivity contribution is 5.92. The minimum Gasteiger partial charge on any atom is -0.351 e. The summed E-state index contributed by atoms with van der Waals surface area (Å²) in [6.07, 6.45) is 4.89. The summed E-state index contributed by atoms with van der Waals surface area (Å²) >= 11 is 0. The van der Waals surface area contributed by atoms with Gasteiger partial charge in [0.05, 0.1) is 12.4 Å². The number of nitrogens with zero attached hydrogens (tertiary/aromatic N) is 2. The van der Waals surface area contributed by atoms with Crippen molar-refractivity contribution in [1.82, 2.24) is 15.3 Å². The molecule has 2 N–H and O–H groups in total. The number of aryl methyl sites for hydroxylation is 3. The quantitative estimate of drug-likeness (QED) is 0.620. The molecule has 1 heterocycles. The summed E-state index contributed by atoms with van der Waals surface area (Å²) < 4.78 is 0. The van der Waals surface area contributed by atoms with Crippen molar-refractivity contribution in [1.29, 1.82) is 0 Å². The molecule has 0 saturated carbocycles. The molecule has 138 valence electrons. The van der Waals surface area contributed by atoms with Gasteiger partial charge in [0.15, 0.2) is 0 Å². The van der Waals surface area contributed by atoms with Crippen molar-refractivity contribution in [3.8, 4) is 0 Å². The van der Waals surface area contributed by atoms with Crippen molar-refractivity contribution in [3.05, 3.63) is 83.3 Å². The largest absolute Gasteiger partial charge is 0.351 e. The topological polar surface area (TPSA) is 66.9 Å². The molecule has 0 aliphatic carbocycles. The van der Waals surface area contributed by atoms with Crippen molar-refractivity contribution >= 4 is 17.4 Å². The second kappa shape index (κ2) is 8.94. The van der Waals surface area contributed by atoms with Crippen LogP contribution in [0.15, 0.2) is 60.9 Å². The number of amides is 1. The Bertz CT molecular complexity index is 892. The number of nitrogens with one attached hydrogen (secondary N) is 2. The number of hydrogen-bond acceptors (Lipinski definition) is 4. The Morgan fingerprint density at radius 3 is 2.48 bits per heavy atom. The van der Waals surface area contributed by atoms with Crippen LogP contribution in [0.5, 0.6) is 0 Å². The van der Waals surface area contributed by atoms with Crippen LogP contribution in [0.3, 0.4) is 0 Å². The van der Waals surface area contributed by atoms with Crippen LogP contribution in [-0.2, 0) is 6.42 Å². The van der Waals surface area contributed by atoms with E-state index < -0.39 is 0 Å². The van der Waals surface area contributed by atoms with Gasteiger partial charge in [-0.05, 0) is 55.5 Å². The Morgan fingerprint density at radius 2 is 1.78 bits per heavy atom. The first-order valence-corrected chi connectivity index (χ1v) is 9.10. The standard InChI is InChI=1S/C22H24N4O/c1-16-10-11-19(13-17(16)2)26-21-15-24-20(14-25-21)22(27)23-12-6-9-18-7-4-3-5-8-18/h3-5,7-8,10-11,13-15H,6,9,12H2,1-2H3,(H,23,27)(H,25,26). The van der Waals surface area contributed by atoms with Gasteiger partial charge in [0.1, 0.15) is 11.5 Å². The summed E-state index contributed by atoms with van der Waals surface area (Å²) in [4.78, 5) is 20.7. The number of benzene rings is 2. The molecule has 0 unspecified atom stereocenters. The van der Waals surface area contributed by atoms with E-state index in [1.165, 1.54) is 22.9 Å². The zero-order valence-electron chi connectivity index (χ0n) is 15.7. The van der Waals surface area contributed by atoms with Gasteiger partial charge in [-0.1, -0.05) is 36.4 Å². The zero-order chi connectivity index (χ0) is 19.1. The Kier molecular flexibility index (Phi) is 6.15. The first-order valence-electron chi connectivity index (χ1n) is 9.10. The van der Waals surface area contributed by atoms with Crippen LogP contribution in [-0.4, -0.2) is 22.4 Å². The predicted molar refractivity (Wildman–Crippen MR) is 108 cm³/mol. The minimum atomic E-state index is -0.201. The Balaban J connectivity index is 1.48. The molecule has 0 aliphatic rings. The van der Waals surface area contributed by atoms with Gasteiger partial charge in [-0.25, -0.2) is 9.97 Å². The highest BCUT2D eigenvalue weighted by Gasteiger charge is 2.07. The third-order valence-corrected chi connectivity index (χ3v) is 4.43. The van der Waals surface area contributed by atoms with Gasteiger partial charge >= 0.3 is 0 Å². The first-order chi connectivity index (χ1) is 13.1. The molecule has 3 rings (SSSR count). The van der Waals surface area contributed by atoms with Crippen molar-refractivity contribution in [2.24, 2.45) is 0 Å². The van der Waals surface area contributed by atoms with E-state index in [2.05, 4.69) is 58.7 Å². The monoisotopic (exact) mass is 360 g/mol. The van der Waals surface area contributed by atoms with Crippen LogP contribution < -0.4 is 10.6 Å². The van der Waals surface area contributed by atoms with E-state index in [1.54, 1.807) is 6.20 Å². The van der Waals surface area contributed by atoms with Gasteiger partial charge in [0, 0.05) is 12.2 Å². The van der Waals surface area contributed by atoms with E-state index in [0.29, 0.717) is 18.1 Å². The second-order valence-electron chi connectivity index (χ2n) is 6.56. The van der Waals surface area contributed by atoms with E-state index in [1.807, 2.05) is 24.3 Å². The molecule has 1 amide bonds. The molecule has 0 radical (unpaired) electrons. The Morgan fingerprint density at radius 1 is 0.963 bits per heavy atom. The smallest absolute Gasteiger partial charge is 0.271 e. The summed E-state index contributed by atoms with van der Waals surface area (Å²) in [5.74, 6) is 0.409. The number of anilines is 2. The molecule has 0 aliphatic heterocycles. The van der Waals surface area contributed by atoms with Gasteiger partial charge < -0.3 is 10.6 Å². The maximum atomic E-state index is 12.2. The van der Waals surface area contributed by atoms with Gasteiger partial charge in [-0.2, -0.15) is 0 Å². The van der Waals surface area contributed by atoms with Crippen LogP contribution in [0.25, 0.3) is 0 Å². The lowest BCUT2D eigenvalue weighted by Crippen LogP contribution is -2.25. The molecule has 5 heteroatoms. The molecule has 27 heavy (non-hydrogen) atoms. The molecule has 0 saturated heterocycles. The summed E-state index contributed by atoms with van der Waals surface area (Å²) in [5.41, 5.74) is 4.99. The number of aromatic nitrogens is 2. The average molecular weight is 360 g/mol. The molecule has 1 aromatic heterocycles. The van der Waals surface area contributed by atoms with Crippen LogP contribution in [0.2, 0.25) is 0 Å². The van der Waals surface area contributed by atoms with Crippen molar-refractivity contribution < 1.29 is 4.79 Å². The third-order valence-electron chi connectivity index (χ3n) is 4.43. The maximum absolute atomic E-state index is 12.2. The molecule has 5 nitrogen and oxygen atoms in total. The molecule has 3 aromatic rings. The number of carbonyl (C=O) groups is 1. The van der Waals surface area contributed by atoms with Gasteiger partial charge in [0.25, 0.3) is 5.91 Å². The summed E-state index contributed by atoms with van der Waals surface area (Å²) in [6.45, 7) is 4.75. The lowest BCUT2D eigenvalue weighted by atomic mass is 10.1. The number of hydrogen-bond donors (Lipinski definition) is 2. The molecule has 0 bridgehead atoms.